The highest BCUT2D eigenvalue weighted by Gasteiger charge is 2.35. The maximum Gasteiger partial charge on any atom is 0.410 e. The van der Waals surface area contributed by atoms with Crippen molar-refractivity contribution in [1.29, 1.82) is 0 Å². The summed E-state index contributed by atoms with van der Waals surface area (Å²) >= 11 is 0. The minimum Gasteiger partial charge on any atom is -0.445 e. The van der Waals surface area contributed by atoms with Gasteiger partial charge < -0.3 is 15.8 Å². The molecule has 6 heteroatoms. The predicted octanol–water partition coefficient (Wildman–Crippen LogP) is 4.98. The largest absolute Gasteiger partial charge is 0.445 e. The maximum absolute atomic E-state index is 13.0. The van der Waals surface area contributed by atoms with Gasteiger partial charge in [-0.2, -0.15) is 0 Å². The number of likely N-dealkylation sites (tertiary alicyclic amines) is 1. The minimum atomic E-state index is -0.545. The summed E-state index contributed by atoms with van der Waals surface area (Å²) in [6, 6.07) is 22.4. The Morgan fingerprint density at radius 1 is 1.06 bits per heavy atom. The summed E-state index contributed by atoms with van der Waals surface area (Å²) in [5.41, 5.74) is 11.4. The predicted molar refractivity (Wildman–Crippen MR) is 126 cm³/mol. The Bertz CT molecular complexity index is 1110. The molecule has 1 saturated heterocycles. The molecule has 32 heavy (non-hydrogen) atoms. The molecule has 0 saturated carbocycles. The number of carbonyl (C=O) groups excluding carboxylic acids is 2. The van der Waals surface area contributed by atoms with E-state index in [0.29, 0.717) is 18.7 Å². The Kier molecular flexibility index (Phi) is 6.40. The van der Waals surface area contributed by atoms with Gasteiger partial charge >= 0.3 is 6.09 Å². The summed E-state index contributed by atoms with van der Waals surface area (Å²) in [6.45, 7) is 2.67. The first-order valence-electron chi connectivity index (χ1n) is 10.8. The number of rotatable bonds is 5. The molecular weight excluding hydrogens is 402 g/mol. The molecule has 4 rings (SSSR count). The lowest BCUT2D eigenvalue weighted by Gasteiger charge is -2.23. The van der Waals surface area contributed by atoms with Crippen molar-refractivity contribution in [3.05, 3.63) is 83.9 Å². The van der Waals surface area contributed by atoms with Crippen LogP contribution in [0.3, 0.4) is 0 Å². The third-order valence-electron chi connectivity index (χ3n) is 5.81. The number of benzene rings is 3. The molecule has 3 N–H and O–H groups in total. The average Bonchev–Trinajstić information content (AvgIpc) is 3.30. The molecule has 3 aromatic carbocycles. The molecule has 1 aliphatic rings. The highest BCUT2D eigenvalue weighted by atomic mass is 16.6. The number of anilines is 2. The van der Waals surface area contributed by atoms with Crippen LogP contribution in [0.5, 0.6) is 0 Å². The molecule has 1 heterocycles. The first kappa shape index (κ1) is 21.4. The molecule has 6 nitrogen and oxygen atoms in total. The fourth-order valence-corrected chi connectivity index (χ4v) is 4.02. The van der Waals surface area contributed by atoms with Crippen molar-refractivity contribution in [2.75, 3.05) is 17.6 Å². The van der Waals surface area contributed by atoms with Gasteiger partial charge in [-0.15, -0.1) is 0 Å². The first-order chi connectivity index (χ1) is 15.5. The summed E-state index contributed by atoms with van der Waals surface area (Å²) in [7, 11) is 0. The van der Waals surface area contributed by atoms with E-state index in [-0.39, 0.29) is 12.5 Å². The smallest absolute Gasteiger partial charge is 0.410 e. The zero-order valence-electron chi connectivity index (χ0n) is 18.1. The van der Waals surface area contributed by atoms with Gasteiger partial charge in [0.1, 0.15) is 12.6 Å². The Morgan fingerprint density at radius 3 is 2.66 bits per heavy atom. The van der Waals surface area contributed by atoms with Crippen LogP contribution in [0.25, 0.3) is 11.1 Å². The first-order valence-corrected chi connectivity index (χ1v) is 10.8. The van der Waals surface area contributed by atoms with E-state index >= 15 is 0 Å². The normalized spacial score (nSPS) is 15.4. The molecular formula is C26H27N3O3. The van der Waals surface area contributed by atoms with E-state index in [9.17, 15) is 9.59 Å². The second-order valence-electron chi connectivity index (χ2n) is 7.98. The van der Waals surface area contributed by atoms with Gasteiger partial charge in [0.2, 0.25) is 5.91 Å². The fraction of sp³-hybridized carbons (Fsp3) is 0.231. The molecule has 0 unspecified atom stereocenters. The van der Waals surface area contributed by atoms with Gasteiger partial charge in [-0.3, -0.25) is 9.69 Å². The van der Waals surface area contributed by atoms with Gasteiger partial charge in [0.25, 0.3) is 0 Å². The number of nitrogens with zero attached hydrogens (tertiary/aromatic N) is 1. The molecule has 1 fully saturated rings. The van der Waals surface area contributed by atoms with Crippen LogP contribution < -0.4 is 11.1 Å². The second kappa shape index (κ2) is 9.56. The van der Waals surface area contributed by atoms with Crippen molar-refractivity contribution in [3.8, 4) is 11.1 Å². The van der Waals surface area contributed by atoms with Gasteiger partial charge in [0.15, 0.2) is 0 Å². The van der Waals surface area contributed by atoms with Crippen LogP contribution in [-0.4, -0.2) is 29.5 Å². The maximum atomic E-state index is 13.0. The molecule has 0 bridgehead atoms. The summed E-state index contributed by atoms with van der Waals surface area (Å²) < 4.78 is 5.44. The highest BCUT2D eigenvalue weighted by molar-refractivity contribution is 5.97. The minimum absolute atomic E-state index is 0.187. The lowest BCUT2D eigenvalue weighted by atomic mass is 9.99. The monoisotopic (exact) mass is 429 g/mol. The van der Waals surface area contributed by atoms with Gasteiger partial charge in [0, 0.05) is 17.9 Å². The van der Waals surface area contributed by atoms with Crippen molar-refractivity contribution in [2.24, 2.45) is 0 Å². The van der Waals surface area contributed by atoms with E-state index in [2.05, 4.69) is 5.32 Å². The summed E-state index contributed by atoms with van der Waals surface area (Å²) in [4.78, 5) is 27.1. The van der Waals surface area contributed by atoms with Crippen LogP contribution >= 0.6 is 0 Å². The van der Waals surface area contributed by atoms with Gasteiger partial charge in [-0.25, -0.2) is 4.79 Å². The van der Waals surface area contributed by atoms with E-state index in [1.807, 2.05) is 79.7 Å². The lowest BCUT2D eigenvalue weighted by Crippen LogP contribution is -2.43. The van der Waals surface area contributed by atoms with Crippen molar-refractivity contribution in [2.45, 2.75) is 32.4 Å². The third-order valence-corrected chi connectivity index (χ3v) is 5.81. The number of nitrogen functional groups attached to an aromatic ring is 1. The van der Waals surface area contributed by atoms with E-state index < -0.39 is 12.1 Å². The summed E-state index contributed by atoms with van der Waals surface area (Å²) in [5.74, 6) is -0.208. The summed E-state index contributed by atoms with van der Waals surface area (Å²) in [6.07, 6.45) is 0.914. The highest BCUT2D eigenvalue weighted by Crippen LogP contribution is 2.29. The quantitative estimate of drug-likeness (QED) is 0.560. The molecule has 164 valence electrons. The molecule has 0 radical (unpaired) electrons. The Hall–Kier alpha value is -3.80. The number of amides is 2. The summed E-state index contributed by atoms with van der Waals surface area (Å²) in [5, 5.41) is 2.97. The zero-order valence-corrected chi connectivity index (χ0v) is 18.1. The molecule has 0 spiro atoms. The number of carbonyl (C=O) groups is 2. The number of nitrogens with two attached hydrogens (primary N) is 1. The van der Waals surface area contributed by atoms with Crippen LogP contribution in [0.4, 0.5) is 16.2 Å². The van der Waals surface area contributed by atoms with E-state index in [1.165, 1.54) is 4.90 Å². The molecule has 3 aromatic rings. The van der Waals surface area contributed by atoms with E-state index in [1.54, 1.807) is 0 Å². The molecule has 0 aliphatic carbocycles. The van der Waals surface area contributed by atoms with Crippen LogP contribution in [-0.2, 0) is 16.1 Å². The number of hydrogen-bond acceptors (Lipinski definition) is 4. The Morgan fingerprint density at radius 2 is 1.84 bits per heavy atom. The standard InChI is InChI=1S/C26H27N3O3/c1-18-22(12-6-13-23(18)27)20-10-5-11-21(16-20)28-25(30)24-14-7-15-29(24)26(31)32-17-19-8-3-2-4-9-19/h2-6,8-13,16,24H,7,14-15,17,27H2,1H3,(H,28,30)/t24-/m0/s1. The topological polar surface area (TPSA) is 84.7 Å². The molecule has 2 amide bonds. The Labute approximate surface area is 188 Å². The van der Waals surface area contributed by atoms with E-state index in [4.69, 9.17) is 10.5 Å². The van der Waals surface area contributed by atoms with Crippen LogP contribution in [0.1, 0.15) is 24.0 Å². The Balaban J connectivity index is 1.43. The number of ether oxygens (including phenoxy) is 1. The van der Waals surface area contributed by atoms with Crippen LogP contribution in [0.2, 0.25) is 0 Å². The van der Waals surface area contributed by atoms with Crippen LogP contribution in [0.15, 0.2) is 72.8 Å². The average molecular weight is 430 g/mol. The van der Waals surface area contributed by atoms with E-state index in [0.717, 1.165) is 34.4 Å². The SMILES string of the molecule is Cc1c(N)cccc1-c1cccc(NC(=O)[C@@H]2CCCN2C(=O)OCc2ccccc2)c1. The molecule has 1 aliphatic heterocycles. The molecule has 0 aromatic heterocycles. The molecule has 1 atom stereocenters. The van der Waals surface area contributed by atoms with Crippen molar-refractivity contribution < 1.29 is 14.3 Å². The van der Waals surface area contributed by atoms with Gasteiger partial charge in [-0.1, -0.05) is 54.6 Å². The number of nitrogens with one attached hydrogen (secondary N) is 1. The van der Waals surface area contributed by atoms with Gasteiger partial charge in [-0.05, 0) is 60.2 Å². The zero-order chi connectivity index (χ0) is 22.5. The third kappa shape index (κ3) is 4.75. The van der Waals surface area contributed by atoms with Gasteiger partial charge in [0.05, 0.1) is 0 Å². The van der Waals surface area contributed by atoms with Crippen molar-refractivity contribution in [1.82, 2.24) is 4.90 Å². The van der Waals surface area contributed by atoms with Crippen molar-refractivity contribution >= 4 is 23.4 Å². The lowest BCUT2D eigenvalue weighted by molar-refractivity contribution is -0.120. The second-order valence-corrected chi connectivity index (χ2v) is 7.98. The fourth-order valence-electron chi connectivity index (χ4n) is 4.02. The van der Waals surface area contributed by atoms with Crippen LogP contribution in [0, 0.1) is 6.92 Å². The number of hydrogen-bond donors (Lipinski definition) is 2. The van der Waals surface area contributed by atoms with Crippen molar-refractivity contribution in [3.63, 3.8) is 0 Å².